The van der Waals surface area contributed by atoms with Gasteiger partial charge in [-0.2, -0.15) is 0 Å². The van der Waals surface area contributed by atoms with Gasteiger partial charge < -0.3 is 19.5 Å². The first-order valence-corrected chi connectivity index (χ1v) is 7.90. The lowest BCUT2D eigenvalue weighted by molar-refractivity contribution is 0.0657. The van der Waals surface area contributed by atoms with Crippen molar-refractivity contribution in [1.82, 2.24) is 15.1 Å². The second-order valence-corrected chi connectivity index (χ2v) is 5.91. The number of hydrogen-bond acceptors (Lipinski definition) is 3. The maximum absolute atomic E-state index is 12.2. The van der Waals surface area contributed by atoms with Crippen molar-refractivity contribution < 1.29 is 9.21 Å². The smallest absolute Gasteiger partial charge is 0.289 e. The monoisotopic (exact) mass is 434 g/mol. The molecule has 1 fully saturated rings. The number of carbonyl (C=O) groups is 1. The van der Waals surface area contributed by atoms with Gasteiger partial charge in [-0.05, 0) is 24.5 Å². The fourth-order valence-corrected chi connectivity index (χ4v) is 2.48. The van der Waals surface area contributed by atoms with E-state index in [0.29, 0.717) is 24.8 Å². The molecule has 0 saturated carbocycles. The van der Waals surface area contributed by atoms with Crippen molar-refractivity contribution >= 4 is 35.8 Å². The van der Waals surface area contributed by atoms with Gasteiger partial charge in [-0.25, -0.2) is 0 Å². The molecule has 0 aliphatic carbocycles. The van der Waals surface area contributed by atoms with Crippen LogP contribution >= 0.6 is 24.0 Å². The maximum Gasteiger partial charge on any atom is 0.289 e. The predicted molar refractivity (Wildman–Crippen MR) is 102 cm³/mol. The van der Waals surface area contributed by atoms with E-state index < -0.39 is 0 Å². The molecule has 1 aromatic rings. The number of rotatable bonds is 4. The molecule has 1 saturated heterocycles. The van der Waals surface area contributed by atoms with Crippen LogP contribution in [0.5, 0.6) is 0 Å². The summed E-state index contributed by atoms with van der Waals surface area (Å²) in [5.41, 5.74) is 0. The van der Waals surface area contributed by atoms with Crippen LogP contribution in [0.3, 0.4) is 0 Å². The Morgan fingerprint density at radius 3 is 2.48 bits per heavy atom. The Bertz CT molecular complexity index is 494. The summed E-state index contributed by atoms with van der Waals surface area (Å²) in [6.45, 7) is 8.29. The topological polar surface area (TPSA) is 61.1 Å². The van der Waals surface area contributed by atoms with Gasteiger partial charge >= 0.3 is 0 Å². The van der Waals surface area contributed by atoms with E-state index in [0.717, 1.165) is 32.0 Å². The number of carbonyl (C=O) groups excluding carboxylic acids is 1. The quantitative estimate of drug-likeness (QED) is 0.449. The van der Waals surface area contributed by atoms with Crippen molar-refractivity contribution in [1.29, 1.82) is 0 Å². The molecule has 0 aromatic carbocycles. The minimum atomic E-state index is -0.0348. The molecule has 0 spiro atoms. The summed E-state index contributed by atoms with van der Waals surface area (Å²) in [5, 5.41) is 3.40. The lowest BCUT2D eigenvalue weighted by Crippen LogP contribution is -2.53. The standard InChI is InChI=1S/C16H26N4O2.HI/c1-13(2)6-7-18-16(17-3)20-10-8-19(9-11-20)15(21)14-5-4-12-22-14;/h4-5,12-13H,6-11H2,1-3H3,(H,17,18);1H. The zero-order chi connectivity index (χ0) is 15.9. The molecule has 0 unspecified atom stereocenters. The van der Waals surface area contributed by atoms with Crippen LogP contribution in [0, 0.1) is 5.92 Å². The molecule has 7 heteroatoms. The van der Waals surface area contributed by atoms with Crippen molar-refractivity contribution in [3.8, 4) is 0 Å². The van der Waals surface area contributed by atoms with Gasteiger partial charge in [0.05, 0.1) is 6.26 Å². The van der Waals surface area contributed by atoms with Gasteiger partial charge in [-0.3, -0.25) is 9.79 Å². The molecule has 1 amide bonds. The Labute approximate surface area is 155 Å². The first-order valence-electron chi connectivity index (χ1n) is 7.90. The number of nitrogens with one attached hydrogen (secondary N) is 1. The molecule has 130 valence electrons. The number of furan rings is 1. The molecule has 23 heavy (non-hydrogen) atoms. The zero-order valence-corrected chi connectivity index (χ0v) is 16.4. The lowest BCUT2D eigenvalue weighted by atomic mass is 10.1. The van der Waals surface area contributed by atoms with Crippen LogP contribution in [0.2, 0.25) is 0 Å². The summed E-state index contributed by atoms with van der Waals surface area (Å²) in [4.78, 5) is 20.6. The average Bonchev–Trinajstić information content (AvgIpc) is 3.05. The van der Waals surface area contributed by atoms with Crippen LogP contribution in [-0.4, -0.2) is 61.4 Å². The van der Waals surface area contributed by atoms with E-state index in [4.69, 9.17) is 4.42 Å². The highest BCUT2D eigenvalue weighted by Gasteiger charge is 2.24. The molecule has 1 aliphatic rings. The first kappa shape index (κ1) is 19.8. The highest BCUT2D eigenvalue weighted by molar-refractivity contribution is 14.0. The molecular weight excluding hydrogens is 407 g/mol. The lowest BCUT2D eigenvalue weighted by Gasteiger charge is -2.36. The normalized spacial score (nSPS) is 15.6. The van der Waals surface area contributed by atoms with Crippen LogP contribution in [-0.2, 0) is 0 Å². The number of nitrogens with zero attached hydrogens (tertiary/aromatic N) is 3. The Balaban J connectivity index is 0.00000264. The third-order valence-corrected chi connectivity index (χ3v) is 3.81. The molecule has 2 rings (SSSR count). The third-order valence-electron chi connectivity index (χ3n) is 3.81. The molecule has 1 N–H and O–H groups in total. The molecule has 1 aromatic heterocycles. The molecule has 1 aliphatic heterocycles. The second kappa shape index (κ2) is 9.79. The van der Waals surface area contributed by atoms with Crippen molar-refractivity contribution in [2.24, 2.45) is 10.9 Å². The van der Waals surface area contributed by atoms with Crippen molar-refractivity contribution in [3.05, 3.63) is 24.2 Å². The summed E-state index contributed by atoms with van der Waals surface area (Å²) >= 11 is 0. The average molecular weight is 434 g/mol. The van der Waals surface area contributed by atoms with E-state index in [1.54, 1.807) is 19.2 Å². The maximum atomic E-state index is 12.2. The van der Waals surface area contributed by atoms with Gasteiger partial charge in [0.25, 0.3) is 5.91 Å². The van der Waals surface area contributed by atoms with Gasteiger partial charge in [0.15, 0.2) is 11.7 Å². The minimum absolute atomic E-state index is 0. The number of aliphatic imine (C=N–C) groups is 1. The summed E-state index contributed by atoms with van der Waals surface area (Å²) in [7, 11) is 1.80. The number of hydrogen-bond donors (Lipinski definition) is 1. The van der Waals surface area contributed by atoms with Crippen LogP contribution in [0.4, 0.5) is 0 Å². The summed E-state index contributed by atoms with van der Waals surface area (Å²) in [6.07, 6.45) is 2.65. The van der Waals surface area contributed by atoms with E-state index in [2.05, 4.69) is 29.1 Å². The van der Waals surface area contributed by atoms with Gasteiger partial charge in [-0.1, -0.05) is 13.8 Å². The number of halogens is 1. The molecular formula is C16H27IN4O2. The molecule has 0 radical (unpaired) electrons. The van der Waals surface area contributed by atoms with Crippen LogP contribution in [0.1, 0.15) is 30.8 Å². The summed E-state index contributed by atoms with van der Waals surface area (Å²) in [5.74, 6) is 1.97. The summed E-state index contributed by atoms with van der Waals surface area (Å²) < 4.78 is 5.18. The van der Waals surface area contributed by atoms with E-state index in [9.17, 15) is 4.79 Å². The second-order valence-electron chi connectivity index (χ2n) is 5.91. The molecule has 2 heterocycles. The minimum Gasteiger partial charge on any atom is -0.459 e. The highest BCUT2D eigenvalue weighted by Crippen LogP contribution is 2.09. The van der Waals surface area contributed by atoms with Gasteiger partial charge in [0, 0.05) is 39.8 Å². The van der Waals surface area contributed by atoms with Crippen molar-refractivity contribution in [2.45, 2.75) is 20.3 Å². The van der Waals surface area contributed by atoms with Gasteiger partial charge in [0.2, 0.25) is 0 Å². The Morgan fingerprint density at radius 1 is 1.30 bits per heavy atom. The van der Waals surface area contributed by atoms with Crippen LogP contribution in [0.25, 0.3) is 0 Å². The highest BCUT2D eigenvalue weighted by atomic mass is 127. The number of piperazine rings is 1. The fourth-order valence-electron chi connectivity index (χ4n) is 2.48. The number of amides is 1. The van der Waals surface area contributed by atoms with Gasteiger partial charge in [0.1, 0.15) is 0 Å². The Morgan fingerprint density at radius 2 is 1.96 bits per heavy atom. The number of guanidine groups is 1. The van der Waals surface area contributed by atoms with Crippen LogP contribution < -0.4 is 5.32 Å². The zero-order valence-electron chi connectivity index (χ0n) is 14.1. The fraction of sp³-hybridized carbons (Fsp3) is 0.625. The SMILES string of the molecule is CN=C(NCCC(C)C)N1CCN(C(=O)c2ccco2)CC1.I. The third kappa shape index (κ3) is 5.71. The largest absolute Gasteiger partial charge is 0.459 e. The van der Waals surface area contributed by atoms with E-state index in [1.165, 1.54) is 6.26 Å². The molecule has 0 bridgehead atoms. The molecule has 0 atom stereocenters. The van der Waals surface area contributed by atoms with Crippen molar-refractivity contribution in [2.75, 3.05) is 39.8 Å². The first-order chi connectivity index (χ1) is 10.6. The summed E-state index contributed by atoms with van der Waals surface area (Å²) in [6, 6.07) is 3.45. The predicted octanol–water partition coefficient (Wildman–Crippen LogP) is 2.28. The Hall–Kier alpha value is -1.25. The van der Waals surface area contributed by atoms with E-state index >= 15 is 0 Å². The van der Waals surface area contributed by atoms with Gasteiger partial charge in [-0.15, -0.1) is 24.0 Å². The van der Waals surface area contributed by atoms with Crippen LogP contribution in [0.15, 0.2) is 27.8 Å². The van der Waals surface area contributed by atoms with E-state index in [1.807, 2.05) is 4.90 Å². The van der Waals surface area contributed by atoms with Crippen molar-refractivity contribution in [3.63, 3.8) is 0 Å². The molecule has 6 nitrogen and oxygen atoms in total. The Kier molecular flexibility index (Phi) is 8.43. The van der Waals surface area contributed by atoms with E-state index in [-0.39, 0.29) is 29.9 Å².